The Labute approximate surface area is 96.8 Å². The summed E-state index contributed by atoms with van der Waals surface area (Å²) in [6.07, 6.45) is -0.596. The second-order valence-corrected chi connectivity index (χ2v) is 5.90. The number of rotatable bonds is 4. The third-order valence-corrected chi connectivity index (χ3v) is 4.35. The molecule has 0 aliphatic carbocycles. The first-order chi connectivity index (χ1) is 7.75. The monoisotopic (exact) mass is 264 g/mol. The van der Waals surface area contributed by atoms with Gasteiger partial charge in [0.25, 0.3) is 0 Å². The molecule has 0 heterocycles. The van der Waals surface area contributed by atoms with Crippen LogP contribution >= 0.6 is 0 Å². The van der Waals surface area contributed by atoms with Crippen molar-refractivity contribution in [3.63, 3.8) is 0 Å². The van der Waals surface area contributed by atoms with E-state index in [4.69, 9.17) is 5.11 Å². The van der Waals surface area contributed by atoms with Crippen LogP contribution < -0.4 is 0 Å². The van der Waals surface area contributed by atoms with Crippen molar-refractivity contribution >= 4 is 15.8 Å². The quantitative estimate of drug-likeness (QED) is 0.838. The number of carboxylic acids is 1. The predicted octanol–water partition coefficient (Wildman–Crippen LogP) is 1.60. The van der Waals surface area contributed by atoms with Crippen LogP contribution in [0.25, 0.3) is 0 Å². The summed E-state index contributed by atoms with van der Waals surface area (Å²) in [6, 6.07) is 2.14. The summed E-state index contributed by atoms with van der Waals surface area (Å²) >= 11 is 0. The Morgan fingerprint density at radius 2 is 1.94 bits per heavy atom. The number of carboxylic acid groups (broad SMARTS) is 1. The Morgan fingerprint density at radius 1 is 1.35 bits per heavy atom. The predicted molar refractivity (Wildman–Crippen MR) is 55.3 cm³/mol. The molecule has 0 aliphatic heterocycles. The van der Waals surface area contributed by atoms with E-state index in [0.717, 1.165) is 6.07 Å². The molecule has 94 valence electrons. The maximum Gasteiger partial charge on any atom is 0.304 e. The molecule has 0 amide bonds. The summed E-state index contributed by atoms with van der Waals surface area (Å²) in [5.74, 6) is -3.72. The molecule has 0 fully saturated rings. The van der Waals surface area contributed by atoms with E-state index < -0.39 is 44.0 Å². The van der Waals surface area contributed by atoms with Crippen molar-refractivity contribution in [3.05, 3.63) is 29.8 Å². The number of sulfone groups is 1. The van der Waals surface area contributed by atoms with Crippen LogP contribution in [0.2, 0.25) is 0 Å². The van der Waals surface area contributed by atoms with Crippen molar-refractivity contribution in [1.82, 2.24) is 0 Å². The molecule has 0 radical (unpaired) electrons. The Hall–Kier alpha value is -1.50. The minimum Gasteiger partial charge on any atom is -0.481 e. The third-order valence-electron chi connectivity index (χ3n) is 2.21. The van der Waals surface area contributed by atoms with Crippen LogP contribution in [0.1, 0.15) is 13.3 Å². The molecular weight excluding hydrogens is 254 g/mol. The topological polar surface area (TPSA) is 71.4 Å². The van der Waals surface area contributed by atoms with Gasteiger partial charge in [-0.05, 0) is 25.1 Å². The minimum absolute atomic E-state index is 0.426. The van der Waals surface area contributed by atoms with Gasteiger partial charge in [-0.2, -0.15) is 0 Å². The smallest absolute Gasteiger partial charge is 0.304 e. The van der Waals surface area contributed by atoms with E-state index in [9.17, 15) is 22.0 Å². The summed E-state index contributed by atoms with van der Waals surface area (Å²) < 4.78 is 49.1. The largest absolute Gasteiger partial charge is 0.481 e. The van der Waals surface area contributed by atoms with Gasteiger partial charge in [-0.1, -0.05) is 0 Å². The van der Waals surface area contributed by atoms with E-state index in [1.165, 1.54) is 6.92 Å². The van der Waals surface area contributed by atoms with Crippen molar-refractivity contribution in [1.29, 1.82) is 0 Å². The average Bonchev–Trinajstić information content (AvgIpc) is 2.20. The maximum absolute atomic E-state index is 12.9. The second kappa shape index (κ2) is 4.79. The van der Waals surface area contributed by atoms with E-state index in [1.807, 2.05) is 0 Å². The molecule has 1 atom stereocenters. The Morgan fingerprint density at radius 3 is 2.41 bits per heavy atom. The highest BCUT2D eigenvalue weighted by Gasteiger charge is 2.26. The minimum atomic E-state index is -3.96. The molecule has 0 saturated heterocycles. The van der Waals surface area contributed by atoms with Gasteiger partial charge in [-0.3, -0.25) is 4.79 Å². The Balaban J connectivity index is 3.13. The van der Waals surface area contributed by atoms with Crippen LogP contribution in [0.15, 0.2) is 23.1 Å². The lowest BCUT2D eigenvalue weighted by Crippen LogP contribution is -2.21. The number of hydrogen-bond acceptors (Lipinski definition) is 3. The molecule has 0 saturated carbocycles. The molecule has 0 spiro atoms. The van der Waals surface area contributed by atoms with Gasteiger partial charge in [-0.15, -0.1) is 0 Å². The summed E-state index contributed by atoms with van der Waals surface area (Å²) in [5.41, 5.74) is 0. The van der Waals surface area contributed by atoms with Crippen LogP contribution in [0.3, 0.4) is 0 Å². The number of aliphatic carboxylic acids is 1. The molecule has 0 aromatic heterocycles. The first-order valence-electron chi connectivity index (χ1n) is 4.66. The van der Waals surface area contributed by atoms with Gasteiger partial charge in [0, 0.05) is 0 Å². The normalized spacial score (nSPS) is 13.4. The SMILES string of the molecule is CC(CC(=O)O)S(=O)(=O)c1ccc(F)c(F)c1. The second-order valence-electron chi connectivity index (χ2n) is 3.53. The maximum atomic E-state index is 12.9. The van der Waals surface area contributed by atoms with Gasteiger partial charge < -0.3 is 5.11 Å². The van der Waals surface area contributed by atoms with Gasteiger partial charge in [0.1, 0.15) is 0 Å². The fraction of sp³-hybridized carbons (Fsp3) is 0.300. The Bertz CT molecular complexity index is 539. The highest BCUT2D eigenvalue weighted by atomic mass is 32.2. The zero-order chi connectivity index (χ0) is 13.2. The van der Waals surface area contributed by atoms with Crippen LogP contribution in [0.5, 0.6) is 0 Å². The first kappa shape index (κ1) is 13.6. The molecule has 1 aromatic rings. The molecule has 1 aromatic carbocycles. The van der Waals surface area contributed by atoms with E-state index in [-0.39, 0.29) is 0 Å². The lowest BCUT2D eigenvalue weighted by atomic mass is 10.3. The van der Waals surface area contributed by atoms with E-state index in [0.29, 0.717) is 12.1 Å². The zero-order valence-corrected chi connectivity index (χ0v) is 9.67. The molecule has 4 nitrogen and oxygen atoms in total. The zero-order valence-electron chi connectivity index (χ0n) is 8.85. The molecule has 1 N–H and O–H groups in total. The fourth-order valence-corrected chi connectivity index (χ4v) is 2.59. The van der Waals surface area contributed by atoms with Crippen molar-refractivity contribution in [3.8, 4) is 0 Å². The van der Waals surface area contributed by atoms with Crippen LogP contribution in [0.4, 0.5) is 8.78 Å². The summed E-state index contributed by atoms with van der Waals surface area (Å²) in [4.78, 5) is 9.98. The summed E-state index contributed by atoms with van der Waals surface area (Å²) in [7, 11) is -3.96. The first-order valence-corrected chi connectivity index (χ1v) is 6.20. The fourth-order valence-electron chi connectivity index (χ4n) is 1.24. The lowest BCUT2D eigenvalue weighted by molar-refractivity contribution is -0.136. The molecular formula is C10H10F2O4S. The van der Waals surface area contributed by atoms with Gasteiger partial charge in [0.2, 0.25) is 0 Å². The van der Waals surface area contributed by atoms with Crippen molar-refractivity contribution in [2.75, 3.05) is 0 Å². The van der Waals surface area contributed by atoms with E-state index >= 15 is 0 Å². The molecule has 17 heavy (non-hydrogen) atoms. The molecule has 7 heteroatoms. The van der Waals surface area contributed by atoms with Gasteiger partial charge in [0.15, 0.2) is 21.5 Å². The van der Waals surface area contributed by atoms with Crippen molar-refractivity contribution in [2.45, 2.75) is 23.5 Å². The van der Waals surface area contributed by atoms with E-state index in [1.54, 1.807) is 0 Å². The number of halogens is 2. The van der Waals surface area contributed by atoms with E-state index in [2.05, 4.69) is 0 Å². The standard InChI is InChI=1S/C10H10F2O4S/c1-6(4-10(13)14)17(15,16)7-2-3-8(11)9(12)5-7/h2-3,5-6H,4H2,1H3,(H,13,14). The molecule has 0 bridgehead atoms. The molecule has 1 unspecified atom stereocenters. The van der Waals surface area contributed by atoms with Crippen molar-refractivity contribution in [2.24, 2.45) is 0 Å². The Kier molecular flexibility index (Phi) is 3.82. The average molecular weight is 264 g/mol. The highest BCUT2D eigenvalue weighted by molar-refractivity contribution is 7.92. The summed E-state index contributed by atoms with van der Waals surface area (Å²) in [6.45, 7) is 1.20. The van der Waals surface area contributed by atoms with Crippen LogP contribution in [-0.4, -0.2) is 24.7 Å². The van der Waals surface area contributed by atoms with Crippen LogP contribution in [0, 0.1) is 11.6 Å². The number of hydrogen-bond donors (Lipinski definition) is 1. The molecule has 0 aliphatic rings. The lowest BCUT2D eigenvalue weighted by Gasteiger charge is -2.10. The number of carbonyl (C=O) groups is 1. The van der Waals surface area contributed by atoms with Gasteiger partial charge in [0.05, 0.1) is 16.6 Å². The van der Waals surface area contributed by atoms with Crippen LogP contribution in [-0.2, 0) is 14.6 Å². The van der Waals surface area contributed by atoms with Gasteiger partial charge in [-0.25, -0.2) is 17.2 Å². The molecule has 1 rings (SSSR count). The highest BCUT2D eigenvalue weighted by Crippen LogP contribution is 2.20. The third kappa shape index (κ3) is 3.00. The van der Waals surface area contributed by atoms with Crippen molar-refractivity contribution < 1.29 is 27.1 Å². The number of benzene rings is 1. The summed E-state index contributed by atoms with van der Waals surface area (Å²) in [5, 5.41) is 7.29. The van der Waals surface area contributed by atoms with Gasteiger partial charge >= 0.3 is 5.97 Å².